The van der Waals surface area contributed by atoms with Gasteiger partial charge in [0.1, 0.15) is 0 Å². The van der Waals surface area contributed by atoms with Crippen molar-refractivity contribution in [2.45, 2.75) is 38.1 Å². The number of rotatable bonds is 9. The molecule has 2 atom stereocenters. The van der Waals surface area contributed by atoms with E-state index >= 15 is 0 Å². The lowest BCUT2D eigenvalue weighted by Crippen LogP contribution is -2.42. The summed E-state index contributed by atoms with van der Waals surface area (Å²) in [5, 5.41) is 9.50. The Balaban J connectivity index is 1.83. The Morgan fingerprint density at radius 1 is 1.13 bits per heavy atom. The lowest BCUT2D eigenvalue weighted by Gasteiger charge is -2.32. The van der Waals surface area contributed by atoms with Gasteiger partial charge in [-0.05, 0) is 55.1 Å². The van der Waals surface area contributed by atoms with Gasteiger partial charge in [-0.2, -0.15) is 4.99 Å². The van der Waals surface area contributed by atoms with Crippen molar-refractivity contribution in [3.05, 3.63) is 29.8 Å². The number of nitrogens with two attached hydrogens (primary N) is 1. The van der Waals surface area contributed by atoms with E-state index in [0.717, 1.165) is 37.7 Å². The van der Waals surface area contributed by atoms with Gasteiger partial charge in [0.25, 0.3) is 0 Å². The van der Waals surface area contributed by atoms with Crippen LogP contribution in [0.3, 0.4) is 0 Å². The lowest BCUT2D eigenvalue weighted by atomic mass is 9.80. The van der Waals surface area contributed by atoms with Crippen LogP contribution in [0, 0.1) is 5.92 Å². The van der Waals surface area contributed by atoms with E-state index in [0.29, 0.717) is 12.6 Å². The summed E-state index contributed by atoms with van der Waals surface area (Å²) >= 11 is 4.64. The van der Waals surface area contributed by atoms with Crippen molar-refractivity contribution in [2.75, 3.05) is 26.2 Å². The molecule has 0 heterocycles. The number of hydrogen-bond acceptors (Lipinski definition) is 5. The molecule has 1 aliphatic rings. The molecule has 126 valence electrons. The third kappa shape index (κ3) is 6.50. The first-order valence-corrected chi connectivity index (χ1v) is 9.05. The Morgan fingerprint density at radius 2 is 1.91 bits per heavy atom. The zero-order chi connectivity index (χ0) is 16.3. The van der Waals surface area contributed by atoms with Gasteiger partial charge in [-0.1, -0.05) is 25.0 Å². The summed E-state index contributed by atoms with van der Waals surface area (Å²) in [5.74, 6) is 0.720. The van der Waals surface area contributed by atoms with E-state index < -0.39 is 0 Å². The molecule has 0 bridgehead atoms. The molecule has 4 nitrogen and oxygen atoms in total. The molecule has 0 aromatic heterocycles. The van der Waals surface area contributed by atoms with E-state index in [1.807, 2.05) is 12.1 Å². The van der Waals surface area contributed by atoms with Crippen LogP contribution in [0.2, 0.25) is 0 Å². The summed E-state index contributed by atoms with van der Waals surface area (Å²) < 4.78 is 0. The lowest BCUT2D eigenvalue weighted by molar-refractivity contribution is 0.261. The Hall–Kier alpha value is -1.10. The highest BCUT2D eigenvalue weighted by molar-refractivity contribution is 7.78. The van der Waals surface area contributed by atoms with Gasteiger partial charge in [0.15, 0.2) is 0 Å². The first-order valence-electron chi connectivity index (χ1n) is 8.64. The Labute approximate surface area is 144 Å². The second kappa shape index (κ2) is 10.6. The molecule has 23 heavy (non-hydrogen) atoms. The van der Waals surface area contributed by atoms with Crippen LogP contribution in [0.1, 0.15) is 31.2 Å². The second-order valence-corrected chi connectivity index (χ2v) is 6.40. The highest BCUT2D eigenvalue weighted by atomic mass is 32.1. The molecular formula is C18H28N4S. The molecule has 0 aliphatic heterocycles. The predicted molar refractivity (Wildman–Crippen MR) is 101 cm³/mol. The van der Waals surface area contributed by atoms with Gasteiger partial charge in [0, 0.05) is 32.2 Å². The molecule has 1 aliphatic carbocycles. The van der Waals surface area contributed by atoms with Crippen LogP contribution in [0.15, 0.2) is 29.3 Å². The van der Waals surface area contributed by atoms with E-state index in [-0.39, 0.29) is 0 Å². The quantitative estimate of drug-likeness (QED) is 0.370. The smallest absolute Gasteiger partial charge is 0.0739 e. The van der Waals surface area contributed by atoms with Crippen LogP contribution in [0.25, 0.3) is 0 Å². The van der Waals surface area contributed by atoms with Gasteiger partial charge >= 0.3 is 0 Å². The van der Waals surface area contributed by atoms with Gasteiger partial charge in [0.2, 0.25) is 0 Å². The maximum absolute atomic E-state index is 5.49. The standard InChI is InChI=1S/C18H28N4S/c19-9-10-20-11-12-21-18-4-2-1-3-16(18)13-15-5-7-17(8-6-15)22-14-23/h5-8,16,18,20-21H,1-4,9-13,19H2/t16-,18+/m0/s1. The maximum atomic E-state index is 5.49. The SMILES string of the molecule is NCCNCCN[C@@H]1CCCC[C@H]1Cc1ccc(N=C=S)cc1. The molecule has 4 N–H and O–H groups in total. The van der Waals surface area contributed by atoms with Crippen molar-refractivity contribution in [1.29, 1.82) is 0 Å². The van der Waals surface area contributed by atoms with Crippen molar-refractivity contribution in [3.63, 3.8) is 0 Å². The number of thiocarbonyl (C=S) groups is 1. The minimum atomic E-state index is 0.627. The van der Waals surface area contributed by atoms with Crippen molar-refractivity contribution >= 4 is 23.1 Å². The number of aliphatic imine (C=N–C) groups is 1. The fourth-order valence-corrected chi connectivity index (χ4v) is 3.46. The fourth-order valence-electron chi connectivity index (χ4n) is 3.36. The third-order valence-electron chi connectivity index (χ3n) is 4.55. The molecule has 1 aromatic rings. The second-order valence-electron chi connectivity index (χ2n) is 6.22. The Bertz CT molecular complexity index is 496. The van der Waals surface area contributed by atoms with Crippen LogP contribution in [0.5, 0.6) is 0 Å². The largest absolute Gasteiger partial charge is 0.329 e. The van der Waals surface area contributed by atoms with E-state index in [2.05, 4.69) is 45.1 Å². The molecule has 0 amide bonds. The zero-order valence-corrected chi connectivity index (χ0v) is 14.6. The summed E-state index contributed by atoms with van der Waals surface area (Å²) in [6.45, 7) is 3.61. The Morgan fingerprint density at radius 3 is 2.65 bits per heavy atom. The van der Waals surface area contributed by atoms with Crippen molar-refractivity contribution in [2.24, 2.45) is 16.6 Å². The molecule has 1 saturated carbocycles. The van der Waals surface area contributed by atoms with E-state index in [9.17, 15) is 0 Å². The number of nitrogens with one attached hydrogen (secondary N) is 2. The van der Waals surface area contributed by atoms with Crippen molar-refractivity contribution in [1.82, 2.24) is 10.6 Å². The van der Waals surface area contributed by atoms with Gasteiger partial charge in [-0.25, -0.2) is 0 Å². The predicted octanol–water partition coefficient (Wildman–Crippen LogP) is 2.66. The van der Waals surface area contributed by atoms with Crippen LogP contribution in [0.4, 0.5) is 5.69 Å². The van der Waals surface area contributed by atoms with Gasteiger partial charge < -0.3 is 16.4 Å². The van der Waals surface area contributed by atoms with Crippen LogP contribution in [-0.4, -0.2) is 37.4 Å². The van der Waals surface area contributed by atoms with Gasteiger partial charge in [-0.3, -0.25) is 0 Å². The highest BCUT2D eigenvalue weighted by Crippen LogP contribution is 2.28. The first-order chi connectivity index (χ1) is 11.3. The molecule has 1 aromatic carbocycles. The number of nitrogens with zero attached hydrogens (tertiary/aromatic N) is 1. The summed E-state index contributed by atoms with van der Waals surface area (Å²) in [5.41, 5.74) is 7.76. The summed E-state index contributed by atoms with van der Waals surface area (Å²) in [4.78, 5) is 4.01. The molecule has 0 radical (unpaired) electrons. The van der Waals surface area contributed by atoms with Crippen molar-refractivity contribution in [3.8, 4) is 0 Å². The number of benzene rings is 1. The van der Waals surface area contributed by atoms with E-state index in [1.165, 1.54) is 31.2 Å². The summed E-state index contributed by atoms with van der Waals surface area (Å²) in [7, 11) is 0. The van der Waals surface area contributed by atoms with Gasteiger partial charge in [0.05, 0.1) is 10.8 Å². The number of isothiocyanates is 1. The van der Waals surface area contributed by atoms with Gasteiger partial charge in [-0.15, -0.1) is 0 Å². The molecule has 0 unspecified atom stereocenters. The molecule has 1 fully saturated rings. The average Bonchev–Trinajstić information content (AvgIpc) is 2.58. The van der Waals surface area contributed by atoms with E-state index in [4.69, 9.17) is 5.73 Å². The monoisotopic (exact) mass is 332 g/mol. The Kier molecular flexibility index (Phi) is 8.43. The minimum Gasteiger partial charge on any atom is -0.329 e. The minimum absolute atomic E-state index is 0.627. The first kappa shape index (κ1) is 18.2. The third-order valence-corrected chi connectivity index (χ3v) is 4.64. The summed E-state index contributed by atoms with van der Waals surface area (Å²) in [6, 6.07) is 9.01. The normalized spacial score (nSPS) is 20.9. The van der Waals surface area contributed by atoms with Crippen molar-refractivity contribution < 1.29 is 0 Å². The van der Waals surface area contributed by atoms with Crippen LogP contribution in [-0.2, 0) is 6.42 Å². The summed E-state index contributed by atoms with van der Waals surface area (Å²) in [6.07, 6.45) is 6.42. The zero-order valence-electron chi connectivity index (χ0n) is 13.8. The highest BCUT2D eigenvalue weighted by Gasteiger charge is 2.24. The van der Waals surface area contributed by atoms with E-state index in [1.54, 1.807) is 0 Å². The van der Waals surface area contributed by atoms with Crippen LogP contribution >= 0.6 is 12.2 Å². The molecule has 2 rings (SSSR count). The molecule has 0 spiro atoms. The van der Waals surface area contributed by atoms with Crippen LogP contribution < -0.4 is 16.4 Å². The number of hydrogen-bond donors (Lipinski definition) is 3. The topological polar surface area (TPSA) is 62.4 Å². The maximum Gasteiger partial charge on any atom is 0.0739 e. The fraction of sp³-hybridized carbons (Fsp3) is 0.611. The molecule has 5 heteroatoms. The molecular weight excluding hydrogens is 304 g/mol. The molecule has 0 saturated heterocycles. The average molecular weight is 333 g/mol.